The van der Waals surface area contributed by atoms with Crippen molar-refractivity contribution in [3.05, 3.63) is 34.9 Å². The Morgan fingerprint density at radius 3 is 2.59 bits per heavy atom. The highest BCUT2D eigenvalue weighted by Crippen LogP contribution is 2.33. The molecule has 1 aromatic rings. The second-order valence-electron chi connectivity index (χ2n) is 6.67. The Morgan fingerprint density at radius 1 is 1.32 bits per heavy atom. The molecule has 1 unspecified atom stereocenters. The maximum Gasteiger partial charge on any atom is 0.306 e. The Labute approximate surface area is 134 Å². The summed E-state index contributed by atoms with van der Waals surface area (Å²) in [6, 6.07) is 7.15. The number of carboxylic acid groups (broad SMARTS) is 1. The van der Waals surface area contributed by atoms with Gasteiger partial charge >= 0.3 is 5.97 Å². The van der Waals surface area contributed by atoms with Crippen LogP contribution in [0.5, 0.6) is 0 Å². The van der Waals surface area contributed by atoms with E-state index in [0.29, 0.717) is 6.04 Å². The van der Waals surface area contributed by atoms with Crippen molar-refractivity contribution >= 4 is 5.97 Å². The van der Waals surface area contributed by atoms with Crippen LogP contribution in [0.15, 0.2) is 18.2 Å². The van der Waals surface area contributed by atoms with Gasteiger partial charge in [-0.25, -0.2) is 0 Å². The Bertz CT molecular complexity index is 504. The van der Waals surface area contributed by atoms with E-state index in [0.717, 1.165) is 25.9 Å². The molecule has 0 bridgehead atoms. The lowest BCUT2D eigenvalue weighted by Crippen LogP contribution is -2.39. The van der Waals surface area contributed by atoms with Crippen LogP contribution in [0.25, 0.3) is 0 Å². The lowest BCUT2D eigenvalue weighted by atomic mass is 9.90. The van der Waals surface area contributed by atoms with Gasteiger partial charge in [0.25, 0.3) is 0 Å². The van der Waals surface area contributed by atoms with Crippen molar-refractivity contribution in [3.63, 3.8) is 0 Å². The first kappa shape index (κ1) is 17.0. The van der Waals surface area contributed by atoms with Crippen LogP contribution in [-0.2, 0) is 4.79 Å². The highest BCUT2D eigenvalue weighted by molar-refractivity contribution is 5.70. The SMILES string of the molecule is CCCCC(c1cc(C)ccc1C)N1CCC(C(=O)O)CC1. The molecule has 1 fully saturated rings. The van der Waals surface area contributed by atoms with Crippen LogP contribution in [-0.4, -0.2) is 29.1 Å². The van der Waals surface area contributed by atoms with Gasteiger partial charge in [-0.1, -0.05) is 43.5 Å². The van der Waals surface area contributed by atoms with Gasteiger partial charge in [-0.3, -0.25) is 9.69 Å². The molecule has 1 atom stereocenters. The van der Waals surface area contributed by atoms with Crippen LogP contribution >= 0.6 is 0 Å². The van der Waals surface area contributed by atoms with Gasteiger partial charge in [0.1, 0.15) is 0 Å². The van der Waals surface area contributed by atoms with E-state index < -0.39 is 5.97 Å². The summed E-state index contributed by atoms with van der Waals surface area (Å²) in [5.41, 5.74) is 4.09. The van der Waals surface area contributed by atoms with Crippen molar-refractivity contribution in [2.24, 2.45) is 5.92 Å². The number of aliphatic carboxylic acids is 1. The molecule has 0 aromatic heterocycles. The number of aryl methyl sites for hydroxylation is 2. The minimum atomic E-state index is -0.628. The average Bonchev–Trinajstić information content (AvgIpc) is 2.51. The van der Waals surface area contributed by atoms with Crippen LogP contribution in [0, 0.1) is 19.8 Å². The Balaban J connectivity index is 2.16. The number of carboxylic acids is 1. The van der Waals surface area contributed by atoms with Crippen molar-refractivity contribution in [3.8, 4) is 0 Å². The molecule has 1 N–H and O–H groups in total. The predicted octanol–water partition coefficient (Wildman–Crippen LogP) is 4.33. The second kappa shape index (κ2) is 7.77. The molecule has 3 heteroatoms. The van der Waals surface area contributed by atoms with Gasteiger partial charge in [0.2, 0.25) is 0 Å². The lowest BCUT2D eigenvalue weighted by molar-refractivity contribution is -0.143. The van der Waals surface area contributed by atoms with Crippen LogP contribution < -0.4 is 0 Å². The second-order valence-corrected chi connectivity index (χ2v) is 6.67. The number of piperidine rings is 1. The molecule has 22 heavy (non-hydrogen) atoms. The van der Waals surface area contributed by atoms with E-state index in [2.05, 4.69) is 43.9 Å². The molecule has 1 aliphatic rings. The summed E-state index contributed by atoms with van der Waals surface area (Å²) in [6.07, 6.45) is 5.15. The van der Waals surface area contributed by atoms with E-state index in [9.17, 15) is 9.90 Å². The van der Waals surface area contributed by atoms with E-state index in [1.165, 1.54) is 36.0 Å². The van der Waals surface area contributed by atoms with E-state index in [-0.39, 0.29) is 5.92 Å². The zero-order chi connectivity index (χ0) is 16.1. The number of benzene rings is 1. The molecule has 1 saturated heterocycles. The molecular formula is C19H29NO2. The summed E-state index contributed by atoms with van der Waals surface area (Å²) in [4.78, 5) is 13.7. The highest BCUT2D eigenvalue weighted by atomic mass is 16.4. The molecule has 0 saturated carbocycles. The van der Waals surface area contributed by atoms with Crippen molar-refractivity contribution < 1.29 is 9.90 Å². The van der Waals surface area contributed by atoms with Crippen molar-refractivity contribution in [1.29, 1.82) is 0 Å². The Hall–Kier alpha value is -1.35. The van der Waals surface area contributed by atoms with Gasteiger partial charge in [-0.15, -0.1) is 0 Å². The normalized spacial score (nSPS) is 18.3. The quantitative estimate of drug-likeness (QED) is 0.850. The number of rotatable bonds is 6. The minimum Gasteiger partial charge on any atom is -0.481 e. The van der Waals surface area contributed by atoms with Crippen LogP contribution in [0.4, 0.5) is 0 Å². The molecule has 3 nitrogen and oxygen atoms in total. The number of carbonyl (C=O) groups is 1. The van der Waals surface area contributed by atoms with Gasteiger partial charge in [0, 0.05) is 6.04 Å². The van der Waals surface area contributed by atoms with E-state index in [4.69, 9.17) is 0 Å². The molecule has 1 heterocycles. The maximum absolute atomic E-state index is 11.2. The fourth-order valence-electron chi connectivity index (χ4n) is 3.51. The van der Waals surface area contributed by atoms with E-state index in [1.807, 2.05) is 0 Å². The zero-order valence-corrected chi connectivity index (χ0v) is 14.1. The number of hydrogen-bond donors (Lipinski definition) is 1. The summed E-state index contributed by atoms with van der Waals surface area (Å²) in [5.74, 6) is -0.779. The fraction of sp³-hybridized carbons (Fsp3) is 0.632. The fourth-order valence-corrected chi connectivity index (χ4v) is 3.51. The van der Waals surface area contributed by atoms with Crippen molar-refractivity contribution in [1.82, 2.24) is 4.90 Å². The topological polar surface area (TPSA) is 40.5 Å². The van der Waals surface area contributed by atoms with Gasteiger partial charge in [0.05, 0.1) is 5.92 Å². The average molecular weight is 303 g/mol. The van der Waals surface area contributed by atoms with Gasteiger partial charge in [-0.05, 0) is 57.3 Å². The number of unbranched alkanes of at least 4 members (excludes halogenated alkanes) is 1. The number of nitrogens with zero attached hydrogens (tertiary/aromatic N) is 1. The molecule has 0 spiro atoms. The Morgan fingerprint density at radius 2 is 2.00 bits per heavy atom. The minimum absolute atomic E-state index is 0.151. The van der Waals surface area contributed by atoms with Gasteiger partial charge in [0.15, 0.2) is 0 Å². The predicted molar refractivity (Wildman–Crippen MR) is 90.1 cm³/mol. The third-order valence-electron chi connectivity index (χ3n) is 4.94. The monoisotopic (exact) mass is 303 g/mol. The molecule has 0 aliphatic carbocycles. The van der Waals surface area contributed by atoms with E-state index in [1.54, 1.807) is 0 Å². The molecule has 1 aliphatic heterocycles. The van der Waals surface area contributed by atoms with Crippen molar-refractivity contribution in [2.75, 3.05) is 13.1 Å². The molecule has 0 radical (unpaired) electrons. The largest absolute Gasteiger partial charge is 0.481 e. The lowest BCUT2D eigenvalue weighted by Gasteiger charge is -2.37. The summed E-state index contributed by atoms with van der Waals surface area (Å²) in [7, 11) is 0. The Kier molecular flexibility index (Phi) is 6.01. The summed E-state index contributed by atoms with van der Waals surface area (Å²) in [5, 5.41) is 9.18. The zero-order valence-electron chi connectivity index (χ0n) is 14.1. The molecular weight excluding hydrogens is 274 g/mol. The molecule has 0 amide bonds. The third-order valence-corrected chi connectivity index (χ3v) is 4.94. The van der Waals surface area contributed by atoms with Crippen LogP contribution in [0.1, 0.15) is 61.8 Å². The maximum atomic E-state index is 11.2. The molecule has 122 valence electrons. The summed E-state index contributed by atoms with van der Waals surface area (Å²) < 4.78 is 0. The van der Waals surface area contributed by atoms with Gasteiger partial charge in [-0.2, -0.15) is 0 Å². The summed E-state index contributed by atoms with van der Waals surface area (Å²) >= 11 is 0. The molecule has 1 aromatic carbocycles. The van der Waals surface area contributed by atoms with Crippen LogP contribution in [0.2, 0.25) is 0 Å². The standard InChI is InChI=1S/C19H29NO2/c1-4-5-6-18(17-13-14(2)7-8-15(17)3)20-11-9-16(10-12-20)19(21)22/h7-8,13,16,18H,4-6,9-12H2,1-3H3,(H,21,22). The summed E-state index contributed by atoms with van der Waals surface area (Å²) in [6.45, 7) is 8.38. The van der Waals surface area contributed by atoms with E-state index >= 15 is 0 Å². The first-order valence-corrected chi connectivity index (χ1v) is 8.57. The first-order chi connectivity index (χ1) is 10.5. The van der Waals surface area contributed by atoms with Crippen LogP contribution in [0.3, 0.4) is 0 Å². The number of hydrogen-bond acceptors (Lipinski definition) is 2. The first-order valence-electron chi connectivity index (χ1n) is 8.57. The third kappa shape index (κ3) is 4.10. The smallest absolute Gasteiger partial charge is 0.306 e. The van der Waals surface area contributed by atoms with Gasteiger partial charge < -0.3 is 5.11 Å². The highest BCUT2D eigenvalue weighted by Gasteiger charge is 2.29. The van der Waals surface area contributed by atoms with Crippen molar-refractivity contribution in [2.45, 2.75) is 58.9 Å². The number of likely N-dealkylation sites (tertiary alicyclic amines) is 1. The molecule has 2 rings (SSSR count).